The number of rotatable bonds is 9. The smallest absolute Gasteiger partial charge is 0.238 e. The number of likely N-dealkylation sites (tertiary alicyclic amines) is 1. The number of hydrogen-bond donors (Lipinski definition) is 2. The highest BCUT2D eigenvalue weighted by Gasteiger charge is 2.39. The Morgan fingerprint density at radius 2 is 1.90 bits per heavy atom. The van der Waals surface area contributed by atoms with Gasteiger partial charge in [0.2, 0.25) is 11.8 Å². The normalized spacial score (nSPS) is 17.4. The monoisotopic (exact) mass is 395 g/mol. The van der Waals surface area contributed by atoms with Gasteiger partial charge in [-0.1, -0.05) is 12.5 Å². The van der Waals surface area contributed by atoms with E-state index in [-0.39, 0.29) is 11.8 Å². The van der Waals surface area contributed by atoms with Gasteiger partial charge in [-0.25, -0.2) is 0 Å². The molecule has 0 bridgehead atoms. The van der Waals surface area contributed by atoms with E-state index in [2.05, 4.69) is 31.7 Å². The molecule has 1 aromatic carbocycles. The van der Waals surface area contributed by atoms with Crippen LogP contribution in [0.5, 0.6) is 0 Å². The zero-order chi connectivity index (χ0) is 20.7. The first-order valence-electron chi connectivity index (χ1n) is 10.3. The summed E-state index contributed by atoms with van der Waals surface area (Å²) in [6.07, 6.45) is 11.0. The highest BCUT2D eigenvalue weighted by molar-refractivity contribution is 5.95. The standard InChI is InChI=1S/C22H29N5O2/c1-3-4-11-22(25-26-22)12-10-20(28)23-18-9-8-17(2)19(15-18)24-21(29)16-27-13-6-5-7-14-27/h1,8-9,15H,4-7,10-14,16H2,2H3,(H,23,28)(H,24,29). The number of nitrogens with one attached hydrogen (secondary N) is 2. The van der Waals surface area contributed by atoms with E-state index in [0.29, 0.717) is 37.9 Å². The maximum absolute atomic E-state index is 12.4. The van der Waals surface area contributed by atoms with Crippen molar-refractivity contribution in [1.82, 2.24) is 4.90 Å². The number of amides is 2. The SMILES string of the molecule is C#CCCC1(CCC(=O)Nc2ccc(C)c(NC(=O)CN3CCCCC3)c2)N=N1. The van der Waals surface area contributed by atoms with Gasteiger partial charge in [-0.05, 0) is 50.6 Å². The minimum absolute atomic E-state index is 0.0223. The number of aryl methyl sites for hydroxylation is 1. The maximum Gasteiger partial charge on any atom is 0.238 e. The van der Waals surface area contributed by atoms with Crippen molar-refractivity contribution in [2.24, 2.45) is 10.2 Å². The number of carbonyl (C=O) groups excluding carboxylic acids is 2. The van der Waals surface area contributed by atoms with Crippen molar-refractivity contribution in [3.8, 4) is 12.3 Å². The molecular weight excluding hydrogens is 366 g/mol. The molecule has 0 aliphatic carbocycles. The zero-order valence-corrected chi connectivity index (χ0v) is 17.0. The van der Waals surface area contributed by atoms with E-state index in [9.17, 15) is 9.59 Å². The fourth-order valence-corrected chi connectivity index (χ4v) is 3.55. The van der Waals surface area contributed by atoms with Crippen molar-refractivity contribution in [3.05, 3.63) is 23.8 Å². The van der Waals surface area contributed by atoms with E-state index in [1.54, 1.807) is 6.07 Å². The van der Waals surface area contributed by atoms with E-state index in [1.165, 1.54) is 6.42 Å². The van der Waals surface area contributed by atoms with E-state index < -0.39 is 5.66 Å². The molecule has 2 amide bonds. The van der Waals surface area contributed by atoms with E-state index in [0.717, 1.165) is 37.2 Å². The molecule has 2 aliphatic heterocycles. The molecule has 1 aromatic rings. The molecule has 3 rings (SSSR count). The van der Waals surface area contributed by atoms with Gasteiger partial charge in [0.25, 0.3) is 0 Å². The van der Waals surface area contributed by atoms with E-state index in [1.807, 2.05) is 19.1 Å². The predicted octanol–water partition coefficient (Wildman–Crippen LogP) is 3.71. The summed E-state index contributed by atoms with van der Waals surface area (Å²) >= 11 is 0. The number of carbonyl (C=O) groups is 2. The summed E-state index contributed by atoms with van der Waals surface area (Å²) in [4.78, 5) is 26.9. The largest absolute Gasteiger partial charge is 0.326 e. The molecule has 154 valence electrons. The number of piperidine rings is 1. The van der Waals surface area contributed by atoms with Crippen molar-refractivity contribution in [2.75, 3.05) is 30.3 Å². The summed E-state index contributed by atoms with van der Waals surface area (Å²) in [6.45, 7) is 4.30. The lowest BCUT2D eigenvalue weighted by Crippen LogP contribution is -2.36. The molecular formula is C22H29N5O2. The molecule has 0 spiro atoms. The molecule has 29 heavy (non-hydrogen) atoms. The lowest BCUT2D eigenvalue weighted by molar-refractivity contribution is -0.117. The predicted molar refractivity (Wildman–Crippen MR) is 114 cm³/mol. The molecule has 1 fully saturated rings. The average molecular weight is 396 g/mol. The Balaban J connectivity index is 1.49. The lowest BCUT2D eigenvalue weighted by atomic mass is 10.0. The van der Waals surface area contributed by atoms with Crippen LogP contribution in [0, 0.1) is 19.3 Å². The Morgan fingerprint density at radius 1 is 1.14 bits per heavy atom. The van der Waals surface area contributed by atoms with Crippen molar-refractivity contribution >= 4 is 23.2 Å². The van der Waals surface area contributed by atoms with Crippen LogP contribution in [0.3, 0.4) is 0 Å². The molecule has 0 atom stereocenters. The van der Waals surface area contributed by atoms with Crippen molar-refractivity contribution in [1.29, 1.82) is 0 Å². The number of terminal acetylenes is 1. The summed E-state index contributed by atoms with van der Waals surface area (Å²) in [5.41, 5.74) is 1.89. The van der Waals surface area contributed by atoms with Crippen molar-refractivity contribution in [2.45, 2.75) is 57.5 Å². The number of benzene rings is 1. The Bertz CT molecular complexity index is 815. The molecule has 0 unspecified atom stereocenters. The third-order valence-electron chi connectivity index (χ3n) is 5.42. The van der Waals surface area contributed by atoms with E-state index >= 15 is 0 Å². The molecule has 7 nitrogen and oxygen atoms in total. The van der Waals surface area contributed by atoms with Gasteiger partial charge < -0.3 is 10.6 Å². The third-order valence-corrected chi connectivity index (χ3v) is 5.42. The zero-order valence-electron chi connectivity index (χ0n) is 17.0. The summed E-state index contributed by atoms with van der Waals surface area (Å²) in [7, 11) is 0. The topological polar surface area (TPSA) is 86.2 Å². The van der Waals surface area contributed by atoms with Gasteiger partial charge >= 0.3 is 0 Å². The van der Waals surface area contributed by atoms with E-state index in [4.69, 9.17) is 6.42 Å². The fourth-order valence-electron chi connectivity index (χ4n) is 3.55. The van der Waals surface area contributed by atoms with Gasteiger partial charge in [-0.15, -0.1) is 12.3 Å². The molecule has 0 radical (unpaired) electrons. The summed E-state index contributed by atoms with van der Waals surface area (Å²) in [5, 5.41) is 14.0. The van der Waals surface area contributed by atoms with Crippen LogP contribution in [0.2, 0.25) is 0 Å². The number of anilines is 2. The van der Waals surface area contributed by atoms with Gasteiger partial charge in [0.1, 0.15) is 0 Å². The minimum Gasteiger partial charge on any atom is -0.326 e. The Hall–Kier alpha value is -2.72. The molecule has 2 heterocycles. The second-order valence-electron chi connectivity index (χ2n) is 7.85. The lowest BCUT2D eigenvalue weighted by Gasteiger charge is -2.25. The Kier molecular flexibility index (Phi) is 6.99. The average Bonchev–Trinajstić information content (AvgIpc) is 3.48. The van der Waals surface area contributed by atoms with Gasteiger partial charge in [0.05, 0.1) is 6.54 Å². The minimum atomic E-state index is -0.454. The highest BCUT2D eigenvalue weighted by atomic mass is 16.2. The first kappa shape index (κ1) is 21.0. The van der Waals surface area contributed by atoms with Crippen LogP contribution in [0.4, 0.5) is 11.4 Å². The summed E-state index contributed by atoms with van der Waals surface area (Å²) in [6, 6.07) is 5.54. The van der Waals surface area contributed by atoms with Gasteiger partial charge in [0, 0.05) is 37.1 Å². The molecule has 2 aliphatic rings. The van der Waals surface area contributed by atoms with Crippen LogP contribution >= 0.6 is 0 Å². The molecule has 0 saturated carbocycles. The highest BCUT2D eigenvalue weighted by Crippen LogP contribution is 2.37. The summed E-state index contributed by atoms with van der Waals surface area (Å²) in [5.74, 6) is 2.46. The van der Waals surface area contributed by atoms with Gasteiger partial charge in [-0.2, -0.15) is 10.2 Å². The molecule has 7 heteroatoms. The Labute approximate surface area is 172 Å². The van der Waals surface area contributed by atoms with Crippen LogP contribution < -0.4 is 10.6 Å². The summed E-state index contributed by atoms with van der Waals surface area (Å²) < 4.78 is 0. The quantitative estimate of drug-likeness (QED) is 0.625. The second-order valence-corrected chi connectivity index (χ2v) is 7.85. The van der Waals surface area contributed by atoms with Crippen molar-refractivity contribution < 1.29 is 9.59 Å². The third kappa shape index (κ3) is 6.40. The van der Waals surface area contributed by atoms with Gasteiger partial charge in [0.15, 0.2) is 5.66 Å². The maximum atomic E-state index is 12.4. The van der Waals surface area contributed by atoms with Crippen LogP contribution in [0.1, 0.15) is 50.5 Å². The van der Waals surface area contributed by atoms with Crippen LogP contribution in [0.25, 0.3) is 0 Å². The van der Waals surface area contributed by atoms with Gasteiger partial charge in [-0.3, -0.25) is 14.5 Å². The van der Waals surface area contributed by atoms with Crippen molar-refractivity contribution in [3.63, 3.8) is 0 Å². The molecule has 1 saturated heterocycles. The second kappa shape index (κ2) is 9.66. The molecule has 0 aromatic heterocycles. The number of hydrogen-bond acceptors (Lipinski definition) is 5. The fraction of sp³-hybridized carbons (Fsp3) is 0.545. The van der Waals surface area contributed by atoms with Crippen LogP contribution in [0.15, 0.2) is 28.4 Å². The Morgan fingerprint density at radius 3 is 2.59 bits per heavy atom. The van der Waals surface area contributed by atoms with Crippen LogP contribution in [-0.4, -0.2) is 42.0 Å². The molecule has 2 N–H and O–H groups in total. The first-order chi connectivity index (χ1) is 14.0. The van der Waals surface area contributed by atoms with Crippen LogP contribution in [-0.2, 0) is 9.59 Å². The first-order valence-corrected chi connectivity index (χ1v) is 10.3. The number of nitrogens with zero attached hydrogens (tertiary/aromatic N) is 3.